The topological polar surface area (TPSA) is 28.2 Å². The summed E-state index contributed by atoms with van der Waals surface area (Å²) >= 11 is 0. The molecule has 3 rings (SSSR count). The van der Waals surface area contributed by atoms with Crippen molar-refractivity contribution in [1.29, 1.82) is 0 Å². The summed E-state index contributed by atoms with van der Waals surface area (Å²) in [5.41, 5.74) is 6.41. The lowest BCUT2D eigenvalue weighted by molar-refractivity contribution is 0.233. The molecule has 0 spiro atoms. The molecule has 1 aromatic carbocycles. The molecule has 21 heavy (non-hydrogen) atoms. The summed E-state index contributed by atoms with van der Waals surface area (Å²) in [6.07, 6.45) is 1.88. The largest absolute Gasteiger partial charge is 0.314 e. The second-order valence-corrected chi connectivity index (χ2v) is 5.85. The molecule has 0 unspecified atom stereocenters. The van der Waals surface area contributed by atoms with Crippen LogP contribution < -0.4 is 5.32 Å². The molecule has 110 valence electrons. The second-order valence-electron chi connectivity index (χ2n) is 5.85. The van der Waals surface area contributed by atoms with E-state index in [0.29, 0.717) is 0 Å². The fourth-order valence-corrected chi connectivity index (χ4v) is 2.89. The summed E-state index contributed by atoms with van der Waals surface area (Å²) in [7, 11) is 0. The highest BCUT2D eigenvalue weighted by molar-refractivity contribution is 5.64. The Hall–Kier alpha value is -1.71. The first-order valence-corrected chi connectivity index (χ1v) is 7.68. The first kappa shape index (κ1) is 14.2. The van der Waals surface area contributed by atoms with Gasteiger partial charge in [-0.3, -0.25) is 9.88 Å². The van der Waals surface area contributed by atoms with Crippen LogP contribution in [-0.2, 0) is 6.54 Å². The van der Waals surface area contributed by atoms with Crippen LogP contribution in [0.4, 0.5) is 0 Å². The van der Waals surface area contributed by atoms with Crippen LogP contribution in [0.2, 0.25) is 0 Å². The fourth-order valence-electron chi connectivity index (χ4n) is 2.89. The van der Waals surface area contributed by atoms with Gasteiger partial charge >= 0.3 is 0 Å². The molecule has 2 heterocycles. The molecular weight excluding hydrogens is 258 g/mol. The summed E-state index contributed by atoms with van der Waals surface area (Å²) in [6.45, 7) is 9.81. The van der Waals surface area contributed by atoms with Gasteiger partial charge in [0.15, 0.2) is 0 Å². The molecule has 1 aromatic heterocycles. The monoisotopic (exact) mass is 281 g/mol. The zero-order valence-corrected chi connectivity index (χ0v) is 12.9. The maximum absolute atomic E-state index is 4.27. The Balaban J connectivity index is 1.79. The van der Waals surface area contributed by atoms with E-state index in [2.05, 4.69) is 52.5 Å². The Morgan fingerprint density at radius 3 is 2.52 bits per heavy atom. The Bertz CT molecular complexity index is 616. The fraction of sp³-hybridized carbons (Fsp3) is 0.389. The minimum absolute atomic E-state index is 1.06. The molecule has 0 aliphatic carbocycles. The quantitative estimate of drug-likeness (QED) is 0.937. The lowest BCUT2D eigenvalue weighted by Gasteiger charge is -2.27. The third-order valence-electron chi connectivity index (χ3n) is 4.18. The van der Waals surface area contributed by atoms with Crippen LogP contribution in [0.1, 0.15) is 16.8 Å². The minimum Gasteiger partial charge on any atom is -0.314 e. The lowest BCUT2D eigenvalue weighted by Crippen LogP contribution is -2.42. The molecule has 3 nitrogen and oxygen atoms in total. The minimum atomic E-state index is 1.06. The molecule has 0 atom stereocenters. The SMILES string of the molecule is Cc1cc(-c2ccc(CN3CCNCC3)c(C)c2)ccn1. The summed E-state index contributed by atoms with van der Waals surface area (Å²) in [5, 5.41) is 3.40. The maximum atomic E-state index is 4.27. The number of pyridine rings is 1. The molecule has 0 radical (unpaired) electrons. The number of benzene rings is 1. The number of nitrogens with zero attached hydrogens (tertiary/aromatic N) is 2. The van der Waals surface area contributed by atoms with E-state index in [1.54, 1.807) is 0 Å². The van der Waals surface area contributed by atoms with E-state index < -0.39 is 0 Å². The van der Waals surface area contributed by atoms with E-state index in [1.807, 2.05) is 13.1 Å². The molecular formula is C18H23N3. The first-order chi connectivity index (χ1) is 10.2. The van der Waals surface area contributed by atoms with E-state index in [-0.39, 0.29) is 0 Å². The van der Waals surface area contributed by atoms with Gasteiger partial charge in [-0.15, -0.1) is 0 Å². The van der Waals surface area contributed by atoms with Crippen LogP contribution >= 0.6 is 0 Å². The zero-order valence-electron chi connectivity index (χ0n) is 12.9. The Labute approximate surface area is 127 Å². The van der Waals surface area contributed by atoms with Crippen LogP contribution in [0.15, 0.2) is 36.5 Å². The van der Waals surface area contributed by atoms with Crippen molar-refractivity contribution in [1.82, 2.24) is 15.2 Å². The first-order valence-electron chi connectivity index (χ1n) is 7.68. The highest BCUT2D eigenvalue weighted by atomic mass is 15.2. The van der Waals surface area contributed by atoms with Gasteiger partial charge in [-0.1, -0.05) is 18.2 Å². The Morgan fingerprint density at radius 2 is 1.81 bits per heavy atom. The van der Waals surface area contributed by atoms with Crippen molar-refractivity contribution in [3.63, 3.8) is 0 Å². The number of hydrogen-bond acceptors (Lipinski definition) is 3. The van der Waals surface area contributed by atoms with Crippen LogP contribution in [0.25, 0.3) is 11.1 Å². The predicted molar refractivity (Wildman–Crippen MR) is 87.3 cm³/mol. The molecule has 1 aliphatic heterocycles. The zero-order chi connectivity index (χ0) is 14.7. The normalized spacial score (nSPS) is 16.1. The molecule has 1 fully saturated rings. The number of nitrogens with one attached hydrogen (secondary N) is 1. The molecule has 1 saturated heterocycles. The number of hydrogen-bond donors (Lipinski definition) is 1. The maximum Gasteiger partial charge on any atom is 0.0378 e. The molecule has 0 saturated carbocycles. The molecule has 0 bridgehead atoms. The van der Waals surface area contributed by atoms with Gasteiger partial charge < -0.3 is 5.32 Å². The van der Waals surface area contributed by atoms with Gasteiger partial charge in [-0.25, -0.2) is 0 Å². The molecule has 1 aliphatic rings. The molecule has 0 amide bonds. The second kappa shape index (κ2) is 6.37. The smallest absolute Gasteiger partial charge is 0.0378 e. The van der Waals surface area contributed by atoms with Gasteiger partial charge in [0.05, 0.1) is 0 Å². The van der Waals surface area contributed by atoms with Crippen LogP contribution in [0.5, 0.6) is 0 Å². The Kier molecular flexibility index (Phi) is 4.32. The van der Waals surface area contributed by atoms with E-state index in [4.69, 9.17) is 0 Å². The number of aromatic nitrogens is 1. The average Bonchev–Trinajstić information content (AvgIpc) is 2.50. The van der Waals surface area contributed by atoms with E-state index in [9.17, 15) is 0 Å². The van der Waals surface area contributed by atoms with Crippen LogP contribution in [0, 0.1) is 13.8 Å². The summed E-state index contributed by atoms with van der Waals surface area (Å²) < 4.78 is 0. The lowest BCUT2D eigenvalue weighted by atomic mass is 9.99. The highest BCUT2D eigenvalue weighted by Crippen LogP contribution is 2.23. The third kappa shape index (κ3) is 3.49. The van der Waals surface area contributed by atoms with Gasteiger partial charge in [0.1, 0.15) is 0 Å². The summed E-state index contributed by atoms with van der Waals surface area (Å²) in [6, 6.07) is 11.0. The van der Waals surface area contributed by atoms with Crippen molar-refractivity contribution in [2.24, 2.45) is 0 Å². The number of aryl methyl sites for hydroxylation is 2. The predicted octanol–water partition coefficient (Wildman–Crippen LogP) is 2.77. The molecule has 1 N–H and O–H groups in total. The molecule has 3 heteroatoms. The van der Waals surface area contributed by atoms with Crippen molar-refractivity contribution in [3.05, 3.63) is 53.3 Å². The number of rotatable bonds is 3. The Morgan fingerprint density at radius 1 is 1.05 bits per heavy atom. The van der Waals surface area contributed by atoms with Gasteiger partial charge in [0.2, 0.25) is 0 Å². The third-order valence-corrected chi connectivity index (χ3v) is 4.18. The van der Waals surface area contributed by atoms with Crippen LogP contribution in [0.3, 0.4) is 0 Å². The molecule has 2 aromatic rings. The highest BCUT2D eigenvalue weighted by Gasteiger charge is 2.11. The van der Waals surface area contributed by atoms with Crippen molar-refractivity contribution in [2.45, 2.75) is 20.4 Å². The summed E-state index contributed by atoms with van der Waals surface area (Å²) in [4.78, 5) is 6.79. The van der Waals surface area contributed by atoms with Gasteiger partial charge in [-0.05, 0) is 48.2 Å². The van der Waals surface area contributed by atoms with E-state index in [1.165, 1.54) is 22.3 Å². The van der Waals surface area contributed by atoms with E-state index >= 15 is 0 Å². The van der Waals surface area contributed by atoms with Gasteiger partial charge in [-0.2, -0.15) is 0 Å². The van der Waals surface area contributed by atoms with Gasteiger partial charge in [0.25, 0.3) is 0 Å². The van der Waals surface area contributed by atoms with Gasteiger partial charge in [0, 0.05) is 44.6 Å². The van der Waals surface area contributed by atoms with Crippen molar-refractivity contribution >= 4 is 0 Å². The van der Waals surface area contributed by atoms with Crippen molar-refractivity contribution in [3.8, 4) is 11.1 Å². The average molecular weight is 281 g/mol. The standard InChI is InChI=1S/C18H23N3/c1-14-11-16(17-5-6-20-15(2)12-17)3-4-18(14)13-21-9-7-19-8-10-21/h3-6,11-12,19H,7-10,13H2,1-2H3. The summed E-state index contributed by atoms with van der Waals surface area (Å²) in [5.74, 6) is 0. The van der Waals surface area contributed by atoms with Crippen molar-refractivity contribution in [2.75, 3.05) is 26.2 Å². The van der Waals surface area contributed by atoms with Crippen LogP contribution in [-0.4, -0.2) is 36.1 Å². The van der Waals surface area contributed by atoms with Crippen molar-refractivity contribution < 1.29 is 0 Å². The number of piperazine rings is 1. The van der Waals surface area contributed by atoms with E-state index in [0.717, 1.165) is 38.4 Å².